The molecule has 1 aliphatic carbocycles. The number of rotatable bonds is 8. The van der Waals surface area contributed by atoms with Crippen molar-refractivity contribution in [1.82, 2.24) is 5.32 Å². The molecule has 118 valence electrons. The molecule has 1 unspecified atom stereocenters. The molecule has 2 rings (SSSR count). The number of benzene rings is 1. The monoisotopic (exact) mass is 291 g/mol. The van der Waals surface area contributed by atoms with Gasteiger partial charge in [0, 0.05) is 6.04 Å². The van der Waals surface area contributed by atoms with Crippen LogP contribution in [0, 0.1) is 0 Å². The SMILES string of the molecule is CCCNC1CCCc2ccc(OCCOC(C)C)cc21. The van der Waals surface area contributed by atoms with E-state index in [0.29, 0.717) is 19.3 Å². The summed E-state index contributed by atoms with van der Waals surface area (Å²) in [6.45, 7) is 8.64. The van der Waals surface area contributed by atoms with Gasteiger partial charge in [0.1, 0.15) is 12.4 Å². The molecule has 0 amide bonds. The van der Waals surface area contributed by atoms with Crippen molar-refractivity contribution >= 4 is 0 Å². The highest BCUT2D eigenvalue weighted by molar-refractivity contribution is 5.39. The highest BCUT2D eigenvalue weighted by Crippen LogP contribution is 2.32. The number of hydrogen-bond donors (Lipinski definition) is 1. The van der Waals surface area contributed by atoms with Gasteiger partial charge >= 0.3 is 0 Å². The summed E-state index contributed by atoms with van der Waals surface area (Å²) in [5.41, 5.74) is 2.90. The molecule has 0 aliphatic heterocycles. The van der Waals surface area contributed by atoms with Crippen molar-refractivity contribution in [1.29, 1.82) is 0 Å². The molecule has 3 heteroatoms. The van der Waals surface area contributed by atoms with Crippen LogP contribution in [0.3, 0.4) is 0 Å². The fourth-order valence-electron chi connectivity index (χ4n) is 2.84. The molecule has 0 aromatic heterocycles. The lowest BCUT2D eigenvalue weighted by molar-refractivity contribution is 0.0552. The Morgan fingerprint density at radius 1 is 1.29 bits per heavy atom. The van der Waals surface area contributed by atoms with Crippen LogP contribution in [-0.4, -0.2) is 25.9 Å². The van der Waals surface area contributed by atoms with Gasteiger partial charge in [-0.2, -0.15) is 0 Å². The predicted molar refractivity (Wildman–Crippen MR) is 87.0 cm³/mol. The van der Waals surface area contributed by atoms with Gasteiger partial charge in [-0.3, -0.25) is 0 Å². The number of nitrogens with one attached hydrogen (secondary N) is 1. The molecule has 1 aliphatic rings. The van der Waals surface area contributed by atoms with Crippen molar-refractivity contribution < 1.29 is 9.47 Å². The van der Waals surface area contributed by atoms with Crippen molar-refractivity contribution in [2.24, 2.45) is 0 Å². The van der Waals surface area contributed by atoms with Crippen LogP contribution >= 0.6 is 0 Å². The normalized spacial score (nSPS) is 17.8. The molecule has 1 aromatic carbocycles. The molecular formula is C18H29NO2. The summed E-state index contributed by atoms with van der Waals surface area (Å²) >= 11 is 0. The van der Waals surface area contributed by atoms with E-state index in [1.807, 2.05) is 13.8 Å². The maximum absolute atomic E-state index is 5.82. The smallest absolute Gasteiger partial charge is 0.119 e. The Labute approximate surface area is 129 Å². The van der Waals surface area contributed by atoms with Crippen molar-refractivity contribution in [3.8, 4) is 5.75 Å². The molecule has 0 bridgehead atoms. The average Bonchev–Trinajstić information content (AvgIpc) is 2.49. The fourth-order valence-corrected chi connectivity index (χ4v) is 2.84. The van der Waals surface area contributed by atoms with Gasteiger partial charge in [0.25, 0.3) is 0 Å². The molecule has 0 heterocycles. The lowest BCUT2D eigenvalue weighted by Gasteiger charge is -2.27. The maximum atomic E-state index is 5.82. The lowest BCUT2D eigenvalue weighted by Crippen LogP contribution is -2.25. The maximum Gasteiger partial charge on any atom is 0.119 e. The Kier molecular flexibility index (Phi) is 6.52. The minimum Gasteiger partial charge on any atom is -0.491 e. The third-order valence-electron chi connectivity index (χ3n) is 3.88. The first-order valence-electron chi connectivity index (χ1n) is 8.31. The Morgan fingerprint density at radius 2 is 2.14 bits per heavy atom. The van der Waals surface area contributed by atoms with Gasteiger partial charge in [-0.1, -0.05) is 13.0 Å². The van der Waals surface area contributed by atoms with E-state index >= 15 is 0 Å². The highest BCUT2D eigenvalue weighted by atomic mass is 16.5. The summed E-state index contributed by atoms with van der Waals surface area (Å²) in [5, 5.41) is 3.66. The quantitative estimate of drug-likeness (QED) is 0.738. The first-order chi connectivity index (χ1) is 10.2. The molecule has 0 fully saturated rings. The van der Waals surface area contributed by atoms with Crippen molar-refractivity contribution in [2.75, 3.05) is 19.8 Å². The first-order valence-corrected chi connectivity index (χ1v) is 8.31. The molecule has 1 aromatic rings. The Balaban J connectivity index is 1.95. The van der Waals surface area contributed by atoms with Crippen LogP contribution in [0.5, 0.6) is 5.75 Å². The van der Waals surface area contributed by atoms with Gasteiger partial charge in [-0.15, -0.1) is 0 Å². The third kappa shape index (κ3) is 5.01. The van der Waals surface area contributed by atoms with E-state index in [4.69, 9.17) is 9.47 Å². The molecule has 21 heavy (non-hydrogen) atoms. The Morgan fingerprint density at radius 3 is 2.90 bits per heavy atom. The lowest BCUT2D eigenvalue weighted by atomic mass is 9.87. The van der Waals surface area contributed by atoms with E-state index in [9.17, 15) is 0 Å². The first kappa shape index (κ1) is 16.3. The number of ether oxygens (including phenoxy) is 2. The van der Waals surface area contributed by atoms with Gasteiger partial charge in [0.15, 0.2) is 0 Å². The topological polar surface area (TPSA) is 30.5 Å². The summed E-state index contributed by atoms with van der Waals surface area (Å²) < 4.78 is 11.3. The van der Waals surface area contributed by atoms with Crippen LogP contribution in [0.25, 0.3) is 0 Å². The van der Waals surface area contributed by atoms with E-state index in [2.05, 4.69) is 30.4 Å². The van der Waals surface area contributed by atoms with E-state index < -0.39 is 0 Å². The van der Waals surface area contributed by atoms with Gasteiger partial charge in [-0.25, -0.2) is 0 Å². The van der Waals surface area contributed by atoms with Gasteiger partial charge < -0.3 is 14.8 Å². The Bertz CT molecular complexity index is 431. The zero-order valence-corrected chi connectivity index (χ0v) is 13.7. The highest BCUT2D eigenvalue weighted by Gasteiger charge is 2.20. The van der Waals surface area contributed by atoms with E-state index in [1.165, 1.54) is 36.8 Å². The number of hydrogen-bond acceptors (Lipinski definition) is 3. The summed E-state index contributed by atoms with van der Waals surface area (Å²) in [5.74, 6) is 0.964. The van der Waals surface area contributed by atoms with Gasteiger partial charge in [0.2, 0.25) is 0 Å². The number of aryl methyl sites for hydroxylation is 1. The second kappa shape index (κ2) is 8.40. The number of fused-ring (bicyclic) bond motifs is 1. The second-order valence-electron chi connectivity index (χ2n) is 6.03. The average molecular weight is 291 g/mol. The Hall–Kier alpha value is -1.06. The molecule has 1 N–H and O–H groups in total. The molecule has 0 radical (unpaired) electrons. The van der Waals surface area contributed by atoms with Crippen LogP contribution in [0.4, 0.5) is 0 Å². The molecule has 3 nitrogen and oxygen atoms in total. The third-order valence-corrected chi connectivity index (χ3v) is 3.88. The zero-order chi connectivity index (χ0) is 15.1. The summed E-state index contributed by atoms with van der Waals surface area (Å²) in [7, 11) is 0. The molecule has 0 saturated carbocycles. The zero-order valence-electron chi connectivity index (χ0n) is 13.7. The van der Waals surface area contributed by atoms with Crippen LogP contribution in [0.15, 0.2) is 18.2 Å². The van der Waals surface area contributed by atoms with Gasteiger partial charge in [-0.05, 0) is 69.3 Å². The van der Waals surface area contributed by atoms with Crippen LogP contribution in [0.2, 0.25) is 0 Å². The van der Waals surface area contributed by atoms with E-state index in [0.717, 1.165) is 12.3 Å². The summed E-state index contributed by atoms with van der Waals surface area (Å²) in [4.78, 5) is 0. The summed E-state index contributed by atoms with van der Waals surface area (Å²) in [6, 6.07) is 7.03. The van der Waals surface area contributed by atoms with Crippen LogP contribution < -0.4 is 10.1 Å². The standard InChI is InChI=1S/C18H29NO2/c1-4-10-19-18-7-5-6-15-8-9-16(13-17(15)18)21-12-11-20-14(2)3/h8-9,13-14,18-19H,4-7,10-12H2,1-3H3. The minimum atomic E-state index is 0.264. The van der Waals surface area contributed by atoms with E-state index in [1.54, 1.807) is 0 Å². The molecule has 0 spiro atoms. The van der Waals surface area contributed by atoms with Crippen LogP contribution in [-0.2, 0) is 11.2 Å². The van der Waals surface area contributed by atoms with Crippen LogP contribution in [0.1, 0.15) is 57.2 Å². The van der Waals surface area contributed by atoms with Crippen molar-refractivity contribution in [3.63, 3.8) is 0 Å². The molecular weight excluding hydrogens is 262 g/mol. The van der Waals surface area contributed by atoms with Crippen molar-refractivity contribution in [3.05, 3.63) is 29.3 Å². The van der Waals surface area contributed by atoms with Gasteiger partial charge in [0.05, 0.1) is 12.7 Å². The largest absolute Gasteiger partial charge is 0.491 e. The molecule has 0 saturated heterocycles. The minimum absolute atomic E-state index is 0.264. The predicted octanol–water partition coefficient (Wildman–Crippen LogP) is 3.87. The molecule has 1 atom stereocenters. The fraction of sp³-hybridized carbons (Fsp3) is 0.667. The van der Waals surface area contributed by atoms with E-state index in [-0.39, 0.29) is 6.10 Å². The summed E-state index contributed by atoms with van der Waals surface area (Å²) in [6.07, 6.45) is 5.13. The van der Waals surface area contributed by atoms with Crippen molar-refractivity contribution in [2.45, 2.75) is 58.6 Å². The second-order valence-corrected chi connectivity index (χ2v) is 6.03.